The van der Waals surface area contributed by atoms with Crippen molar-refractivity contribution in [3.8, 4) is 55.6 Å². The van der Waals surface area contributed by atoms with Crippen molar-refractivity contribution < 1.29 is 0 Å². The molecule has 0 aliphatic carbocycles. The van der Waals surface area contributed by atoms with Crippen LogP contribution in [0.1, 0.15) is 316 Å². The number of hydrogen-bond donors (Lipinski definition) is 0. The van der Waals surface area contributed by atoms with Crippen molar-refractivity contribution in [2.45, 2.75) is 314 Å². The van der Waals surface area contributed by atoms with Crippen LogP contribution in [0, 0.1) is 0 Å². The van der Waals surface area contributed by atoms with Crippen molar-refractivity contribution in [2.75, 3.05) is 9.80 Å². The van der Waals surface area contributed by atoms with E-state index in [-0.39, 0.29) is 65.0 Å². The topological polar surface area (TPSA) is 6.48 Å². The fourth-order valence-electron chi connectivity index (χ4n) is 16.2. The van der Waals surface area contributed by atoms with Gasteiger partial charge in [0.1, 0.15) is 0 Å². The summed E-state index contributed by atoms with van der Waals surface area (Å²) in [5, 5.41) is 4.56. The van der Waals surface area contributed by atoms with E-state index in [1.165, 1.54) is 111 Å². The minimum atomic E-state index is -0.219. The predicted octanol–water partition coefficient (Wildman–Crippen LogP) is 34.8. The maximum atomic E-state index is 2.72. The first-order chi connectivity index (χ1) is 54.0. The Morgan fingerprint density at radius 1 is 0.136 bits per heavy atom. The van der Waals surface area contributed by atoms with E-state index in [4.69, 9.17) is 0 Å². The van der Waals surface area contributed by atoms with Crippen molar-refractivity contribution in [3.63, 3.8) is 0 Å². The Morgan fingerprint density at radius 2 is 0.322 bits per heavy atom. The Morgan fingerprint density at radius 3 is 0.551 bits per heavy atom. The molecule has 0 aromatic heterocycles. The first kappa shape index (κ1) is 88.1. The van der Waals surface area contributed by atoms with E-state index in [1.54, 1.807) is 0 Å². The number of hydrogen-bond acceptors (Lipinski definition) is 2. The summed E-state index contributed by atoms with van der Waals surface area (Å²) >= 11 is 0. The second-order valence-electron chi connectivity index (χ2n) is 47.3. The number of fused-ring (bicyclic) bond motifs is 2. The van der Waals surface area contributed by atoms with Crippen molar-refractivity contribution in [1.29, 1.82) is 0 Å². The molecule has 0 saturated carbocycles. The minimum Gasteiger partial charge on any atom is -0.309 e. The van der Waals surface area contributed by atoms with Gasteiger partial charge in [0.15, 0.2) is 0 Å². The van der Waals surface area contributed by atoms with E-state index in [0.717, 1.165) is 66.8 Å². The molecule has 118 heavy (non-hydrogen) atoms. The number of nitrogens with zero attached hydrogens (tertiary/aromatic N) is 2. The zero-order valence-electron chi connectivity index (χ0n) is 79.7. The predicted molar refractivity (Wildman–Crippen MR) is 522 cm³/mol. The first-order valence-corrected chi connectivity index (χ1v) is 43.9. The van der Waals surface area contributed by atoms with Crippen molar-refractivity contribution in [1.82, 2.24) is 0 Å². The summed E-state index contributed by atoms with van der Waals surface area (Å²) in [6.07, 6.45) is 0. The highest BCUT2D eigenvalue weighted by molar-refractivity contribution is 6.24. The van der Waals surface area contributed by atoms with Crippen LogP contribution in [0.4, 0.5) is 34.1 Å². The molecule has 0 fully saturated rings. The number of benzene rings is 12. The second kappa shape index (κ2) is 30.5. The summed E-state index contributed by atoms with van der Waals surface area (Å²) in [7, 11) is 0. The lowest BCUT2D eigenvalue weighted by Crippen LogP contribution is -2.20. The molecule has 12 rings (SSSR count). The van der Waals surface area contributed by atoms with Crippen LogP contribution >= 0.6 is 0 Å². The average molecular weight is 1570 g/mol. The molecule has 0 radical (unpaired) electrons. The Labute approximate surface area is 715 Å². The smallest absolute Gasteiger partial charge is 0.0620 e. The molecule has 0 saturated heterocycles. The largest absolute Gasteiger partial charge is 0.309 e. The van der Waals surface area contributed by atoms with Crippen LogP contribution in [0.5, 0.6) is 0 Å². The summed E-state index contributed by atoms with van der Waals surface area (Å²) < 4.78 is 0. The average Bonchev–Trinajstić information content (AvgIpc) is 0.710. The third-order valence-corrected chi connectivity index (χ3v) is 24.7. The van der Waals surface area contributed by atoms with E-state index in [0.29, 0.717) is 0 Å². The van der Waals surface area contributed by atoms with E-state index in [9.17, 15) is 0 Å². The van der Waals surface area contributed by atoms with Crippen molar-refractivity contribution in [3.05, 3.63) is 285 Å². The van der Waals surface area contributed by atoms with Crippen LogP contribution in [-0.2, 0) is 65.0 Å². The van der Waals surface area contributed by atoms with Gasteiger partial charge in [-0.3, -0.25) is 0 Å². The van der Waals surface area contributed by atoms with E-state index in [1.807, 2.05) is 0 Å². The lowest BCUT2D eigenvalue weighted by atomic mass is 9.78. The molecule has 0 spiro atoms. The molecule has 0 heterocycles. The number of rotatable bonds is 11. The zero-order valence-corrected chi connectivity index (χ0v) is 79.7. The Kier molecular flexibility index (Phi) is 22.7. The van der Waals surface area contributed by atoms with Crippen LogP contribution < -0.4 is 9.80 Å². The monoisotopic (exact) mass is 1570 g/mol. The SMILES string of the molecule is CC(C)(C)c1cc(-c2cc(-c3cc(C(C)(C)C)cc(C(C)(C)C)c3)cc(N(c3cc(C(C)(C)C)cc(C(C)(C)C)c3)c3c4ccccc4c(N(c4cc(-c5cc(C(C)(C)C)cc(C(C)(C)C)c5)cc(-c5cc(C(C)(C)C)cc(C(C)(C)C)c5)c4)c4cc(C(C)(C)C)cc(C(C)(C)C)c4)c4cc(-c5ccccc5)ccc34)c2)cc(C(C)(C)C)c1. The standard InChI is InChI=1S/C116H144N2/c1-105(2,3)83-50-79(51-84(63-83)106(4,5)6)75-48-76(80-52-85(107(7,8)9)64-86(53-80)108(10,11)12)59-95(58-75)117(97-69-91(113(25,26)27)67-92(70-97)114(28,29)30)103-99-44-40-41-45-100(99)104(102-62-74(46-47-101(102)103)73-42-38-37-39-43-73)118(98-71-93(115(31,32)33)68-94(72-98)116(34,35)36)96-60-77(81-54-87(109(13,14)15)65-88(55-81)110(16,17)18)49-78(61-96)82-56-89(111(19,20)21)66-90(57-82)112(22,23)24/h37-72H,1-36H3. The van der Waals surface area contributed by atoms with Gasteiger partial charge in [-0.2, -0.15) is 0 Å². The lowest BCUT2D eigenvalue weighted by molar-refractivity contribution is 0.568. The molecule has 0 amide bonds. The molecule has 12 aromatic carbocycles. The zero-order chi connectivity index (χ0) is 87.1. The third kappa shape index (κ3) is 19.0. The molecule has 0 aliphatic rings. The number of anilines is 6. The van der Waals surface area contributed by atoms with Crippen molar-refractivity contribution >= 4 is 55.7 Å². The van der Waals surface area contributed by atoms with Crippen LogP contribution in [0.15, 0.2) is 218 Å². The van der Waals surface area contributed by atoms with Gasteiger partial charge in [0.25, 0.3) is 0 Å². The van der Waals surface area contributed by atoms with E-state index >= 15 is 0 Å². The van der Waals surface area contributed by atoms with Gasteiger partial charge >= 0.3 is 0 Å². The second-order valence-corrected chi connectivity index (χ2v) is 47.3. The maximum absolute atomic E-state index is 2.72. The Bertz CT molecular complexity index is 5390. The van der Waals surface area contributed by atoms with Crippen LogP contribution in [0.3, 0.4) is 0 Å². The highest BCUT2D eigenvalue weighted by Gasteiger charge is 2.35. The maximum Gasteiger partial charge on any atom is 0.0620 e. The van der Waals surface area contributed by atoms with Gasteiger partial charge in [0.05, 0.1) is 11.4 Å². The molecule has 0 N–H and O–H groups in total. The molecule has 12 aromatic rings. The molecule has 0 unspecified atom stereocenters. The highest BCUT2D eigenvalue weighted by Crippen LogP contribution is 2.56. The molecular weight excluding hydrogens is 1420 g/mol. The molecule has 0 aliphatic heterocycles. The van der Waals surface area contributed by atoms with Crippen molar-refractivity contribution in [2.24, 2.45) is 0 Å². The molecule has 2 nitrogen and oxygen atoms in total. The van der Waals surface area contributed by atoms with Gasteiger partial charge < -0.3 is 9.80 Å². The molecule has 2 heteroatoms. The van der Waals surface area contributed by atoms with Crippen LogP contribution in [0.25, 0.3) is 77.2 Å². The van der Waals surface area contributed by atoms with Gasteiger partial charge in [-0.25, -0.2) is 0 Å². The van der Waals surface area contributed by atoms with Gasteiger partial charge in [-0.15, -0.1) is 0 Å². The molecular formula is C116H144N2. The first-order valence-electron chi connectivity index (χ1n) is 43.9. The van der Waals surface area contributed by atoms with E-state index in [2.05, 4.69) is 477 Å². The normalized spacial score (nSPS) is 13.4. The quantitative estimate of drug-likeness (QED) is 0.0941. The van der Waals surface area contributed by atoms with Crippen LogP contribution in [0.2, 0.25) is 0 Å². The third-order valence-electron chi connectivity index (χ3n) is 24.7. The fourth-order valence-corrected chi connectivity index (χ4v) is 16.2. The fraction of sp³-hybridized carbons (Fsp3) is 0.414. The summed E-state index contributed by atoms with van der Waals surface area (Å²) in [5.74, 6) is 0. The summed E-state index contributed by atoms with van der Waals surface area (Å²) in [5.41, 5.74) is 32.3. The van der Waals surface area contributed by atoms with Gasteiger partial charge in [0.2, 0.25) is 0 Å². The van der Waals surface area contributed by atoms with Gasteiger partial charge in [-0.05, 0) is 254 Å². The van der Waals surface area contributed by atoms with E-state index < -0.39 is 0 Å². The van der Waals surface area contributed by atoms with Gasteiger partial charge in [-0.1, -0.05) is 401 Å². The summed E-state index contributed by atoms with van der Waals surface area (Å²) in [4.78, 5) is 5.44. The molecule has 0 atom stereocenters. The Balaban J connectivity index is 1.36. The lowest BCUT2D eigenvalue weighted by Gasteiger charge is -2.36. The van der Waals surface area contributed by atoms with Gasteiger partial charge in [0, 0.05) is 44.3 Å². The highest BCUT2D eigenvalue weighted by atomic mass is 15.2. The van der Waals surface area contributed by atoms with Crippen LogP contribution in [-0.4, -0.2) is 0 Å². The Hall–Kier alpha value is -9.24. The summed E-state index contributed by atoms with van der Waals surface area (Å²) in [6.45, 7) is 85.6. The minimum absolute atomic E-state index is 0.126. The molecule has 618 valence electrons. The summed E-state index contributed by atoms with van der Waals surface area (Å²) in [6, 6.07) is 88.4. The molecule has 0 bridgehead atoms.